The van der Waals surface area contributed by atoms with Gasteiger partial charge in [0.05, 0.1) is 5.39 Å². The third-order valence-corrected chi connectivity index (χ3v) is 1.65. The summed E-state index contributed by atoms with van der Waals surface area (Å²) in [5, 5.41) is 9.97. The summed E-state index contributed by atoms with van der Waals surface area (Å²) in [4.78, 5) is 10.5. The van der Waals surface area contributed by atoms with Crippen LogP contribution in [0.2, 0.25) is 0 Å². The first-order valence-electron chi connectivity index (χ1n) is 3.26. The number of aryl methyl sites for hydroxylation is 1. The smallest absolute Gasteiger partial charge is 0.223 e. The Hall–Kier alpha value is -1.58. The number of H-pyrrole nitrogens is 1. The molecule has 0 saturated carbocycles. The van der Waals surface area contributed by atoms with Crippen molar-refractivity contribution in [3.8, 4) is 5.88 Å². The summed E-state index contributed by atoms with van der Waals surface area (Å²) in [5.41, 5.74) is 1.63. The number of hydrogen-bond acceptors (Lipinski definition) is 3. The van der Waals surface area contributed by atoms with Crippen molar-refractivity contribution in [2.75, 3.05) is 0 Å². The molecule has 0 unspecified atom stereocenters. The zero-order valence-corrected chi connectivity index (χ0v) is 6.00. The second-order valence-corrected chi connectivity index (χ2v) is 2.39. The van der Waals surface area contributed by atoms with Crippen molar-refractivity contribution in [1.82, 2.24) is 15.0 Å². The van der Waals surface area contributed by atoms with E-state index in [1.807, 2.05) is 6.92 Å². The molecule has 2 heterocycles. The fourth-order valence-corrected chi connectivity index (χ4v) is 1.10. The van der Waals surface area contributed by atoms with E-state index >= 15 is 0 Å². The molecule has 0 amide bonds. The fraction of sp³-hybridized carbons (Fsp3) is 0.143. The molecule has 0 saturated heterocycles. The zero-order chi connectivity index (χ0) is 7.84. The van der Waals surface area contributed by atoms with E-state index in [4.69, 9.17) is 0 Å². The first-order chi connectivity index (χ1) is 5.29. The standard InChI is InChI=1S/C7H7N3O/c1-4-2-8-6-5(4)7(11)10-3-9-6/h2-3H,1H3,(H2,8,9,10,11). The van der Waals surface area contributed by atoms with E-state index in [1.54, 1.807) is 6.20 Å². The molecule has 0 aromatic carbocycles. The number of aromatic nitrogens is 3. The maximum absolute atomic E-state index is 9.27. The summed E-state index contributed by atoms with van der Waals surface area (Å²) in [5.74, 6) is 0.0359. The average Bonchev–Trinajstić information content (AvgIpc) is 2.34. The highest BCUT2D eigenvalue weighted by Gasteiger charge is 2.05. The Kier molecular flexibility index (Phi) is 1.09. The summed E-state index contributed by atoms with van der Waals surface area (Å²) < 4.78 is 0. The van der Waals surface area contributed by atoms with Crippen LogP contribution in [0.25, 0.3) is 11.0 Å². The molecule has 0 fully saturated rings. The van der Waals surface area contributed by atoms with Crippen LogP contribution >= 0.6 is 0 Å². The zero-order valence-electron chi connectivity index (χ0n) is 6.00. The molecule has 0 spiro atoms. The molecule has 0 aliphatic rings. The molecule has 2 rings (SSSR count). The lowest BCUT2D eigenvalue weighted by Gasteiger charge is -1.91. The number of nitrogens with one attached hydrogen (secondary N) is 1. The Morgan fingerprint density at radius 3 is 3.00 bits per heavy atom. The topological polar surface area (TPSA) is 61.8 Å². The second-order valence-electron chi connectivity index (χ2n) is 2.39. The Morgan fingerprint density at radius 1 is 1.45 bits per heavy atom. The summed E-state index contributed by atoms with van der Waals surface area (Å²) in [6.07, 6.45) is 3.12. The maximum atomic E-state index is 9.27. The minimum Gasteiger partial charge on any atom is -0.493 e. The van der Waals surface area contributed by atoms with Crippen LogP contribution < -0.4 is 0 Å². The maximum Gasteiger partial charge on any atom is 0.223 e. The van der Waals surface area contributed by atoms with Crippen LogP contribution in [0.4, 0.5) is 0 Å². The van der Waals surface area contributed by atoms with Gasteiger partial charge in [-0.15, -0.1) is 0 Å². The molecule has 2 N–H and O–H groups in total. The Balaban J connectivity index is 2.96. The SMILES string of the molecule is Cc1c[nH]c2ncnc(O)c12. The third kappa shape index (κ3) is 0.756. The highest BCUT2D eigenvalue weighted by Crippen LogP contribution is 2.22. The summed E-state index contributed by atoms with van der Waals surface area (Å²) >= 11 is 0. The van der Waals surface area contributed by atoms with Crippen LogP contribution in [0.5, 0.6) is 5.88 Å². The molecule has 0 aliphatic heterocycles. The van der Waals surface area contributed by atoms with Crippen molar-refractivity contribution >= 4 is 11.0 Å². The number of aromatic hydroxyl groups is 1. The van der Waals surface area contributed by atoms with Gasteiger partial charge in [0.15, 0.2) is 0 Å². The normalized spacial score (nSPS) is 10.6. The molecule has 0 atom stereocenters. The van der Waals surface area contributed by atoms with Gasteiger partial charge in [0.25, 0.3) is 0 Å². The Bertz CT molecular complexity index is 393. The molecule has 4 nitrogen and oxygen atoms in total. The van der Waals surface area contributed by atoms with Gasteiger partial charge in [0.2, 0.25) is 5.88 Å². The average molecular weight is 149 g/mol. The quantitative estimate of drug-likeness (QED) is 0.586. The van der Waals surface area contributed by atoms with E-state index in [9.17, 15) is 5.11 Å². The molecular weight excluding hydrogens is 142 g/mol. The summed E-state index contributed by atoms with van der Waals surface area (Å²) in [7, 11) is 0. The molecular formula is C7H7N3O. The molecule has 0 aliphatic carbocycles. The van der Waals surface area contributed by atoms with Crippen LogP contribution in [-0.2, 0) is 0 Å². The van der Waals surface area contributed by atoms with Crippen LogP contribution in [0.1, 0.15) is 5.56 Å². The van der Waals surface area contributed by atoms with Gasteiger partial charge in [-0.25, -0.2) is 9.97 Å². The third-order valence-electron chi connectivity index (χ3n) is 1.65. The summed E-state index contributed by atoms with van der Waals surface area (Å²) in [6, 6.07) is 0. The van der Waals surface area contributed by atoms with Gasteiger partial charge in [-0.1, -0.05) is 0 Å². The fourth-order valence-electron chi connectivity index (χ4n) is 1.10. The van der Waals surface area contributed by atoms with Crippen molar-refractivity contribution in [3.63, 3.8) is 0 Å². The lowest BCUT2D eigenvalue weighted by molar-refractivity contribution is 0.459. The molecule has 11 heavy (non-hydrogen) atoms. The minimum absolute atomic E-state index is 0.0359. The van der Waals surface area contributed by atoms with Crippen molar-refractivity contribution in [2.24, 2.45) is 0 Å². The predicted molar refractivity (Wildman–Crippen MR) is 40.3 cm³/mol. The van der Waals surface area contributed by atoms with E-state index in [1.165, 1.54) is 6.33 Å². The van der Waals surface area contributed by atoms with Crippen molar-refractivity contribution in [2.45, 2.75) is 6.92 Å². The van der Waals surface area contributed by atoms with Gasteiger partial charge in [-0.2, -0.15) is 0 Å². The number of fused-ring (bicyclic) bond motifs is 1. The lowest BCUT2D eigenvalue weighted by atomic mass is 10.3. The first-order valence-corrected chi connectivity index (χ1v) is 3.26. The number of rotatable bonds is 0. The Labute approximate surface area is 62.9 Å². The molecule has 4 heteroatoms. The van der Waals surface area contributed by atoms with E-state index in [0.29, 0.717) is 11.0 Å². The van der Waals surface area contributed by atoms with Crippen LogP contribution in [0, 0.1) is 6.92 Å². The summed E-state index contributed by atoms with van der Waals surface area (Å²) in [6.45, 7) is 1.89. The predicted octanol–water partition coefficient (Wildman–Crippen LogP) is 0.972. The largest absolute Gasteiger partial charge is 0.493 e. The van der Waals surface area contributed by atoms with Crippen LogP contribution in [0.3, 0.4) is 0 Å². The molecule has 2 aromatic heterocycles. The molecule has 0 radical (unpaired) electrons. The van der Waals surface area contributed by atoms with Gasteiger partial charge in [-0.3, -0.25) is 0 Å². The van der Waals surface area contributed by atoms with Gasteiger partial charge in [0, 0.05) is 6.20 Å². The van der Waals surface area contributed by atoms with Crippen LogP contribution in [0.15, 0.2) is 12.5 Å². The van der Waals surface area contributed by atoms with Crippen molar-refractivity contribution < 1.29 is 5.11 Å². The van der Waals surface area contributed by atoms with Gasteiger partial charge in [0.1, 0.15) is 12.0 Å². The monoisotopic (exact) mass is 149 g/mol. The molecule has 2 aromatic rings. The highest BCUT2D eigenvalue weighted by molar-refractivity contribution is 5.83. The molecule has 56 valence electrons. The van der Waals surface area contributed by atoms with Gasteiger partial charge in [-0.05, 0) is 12.5 Å². The van der Waals surface area contributed by atoms with Crippen LogP contribution in [-0.4, -0.2) is 20.1 Å². The number of hydrogen-bond donors (Lipinski definition) is 2. The van der Waals surface area contributed by atoms with Gasteiger partial charge >= 0.3 is 0 Å². The minimum atomic E-state index is 0.0359. The Morgan fingerprint density at radius 2 is 2.27 bits per heavy atom. The van der Waals surface area contributed by atoms with E-state index < -0.39 is 0 Å². The van der Waals surface area contributed by atoms with E-state index in [-0.39, 0.29) is 5.88 Å². The number of aromatic amines is 1. The number of nitrogens with zero attached hydrogens (tertiary/aromatic N) is 2. The lowest BCUT2D eigenvalue weighted by Crippen LogP contribution is -1.80. The molecule has 0 bridgehead atoms. The van der Waals surface area contributed by atoms with Gasteiger partial charge < -0.3 is 10.1 Å². The second kappa shape index (κ2) is 1.95. The first kappa shape index (κ1) is 6.15. The van der Waals surface area contributed by atoms with E-state index in [2.05, 4.69) is 15.0 Å². The van der Waals surface area contributed by atoms with Crippen molar-refractivity contribution in [1.29, 1.82) is 0 Å². The van der Waals surface area contributed by atoms with Crippen molar-refractivity contribution in [3.05, 3.63) is 18.1 Å². The highest BCUT2D eigenvalue weighted by atomic mass is 16.3. The van der Waals surface area contributed by atoms with E-state index in [0.717, 1.165) is 5.56 Å².